The first kappa shape index (κ1) is 9.80. The van der Waals surface area contributed by atoms with Gasteiger partial charge in [-0.05, 0) is 13.8 Å². The maximum Gasteiger partial charge on any atom is 0.227 e. The molecule has 0 saturated heterocycles. The van der Waals surface area contributed by atoms with Crippen LogP contribution in [-0.4, -0.2) is 16.3 Å². The van der Waals surface area contributed by atoms with Crippen molar-refractivity contribution in [2.75, 3.05) is 0 Å². The van der Waals surface area contributed by atoms with E-state index in [-0.39, 0.29) is 12.2 Å². The summed E-state index contributed by atoms with van der Waals surface area (Å²) in [7, 11) is 0. The lowest BCUT2D eigenvalue weighted by atomic mass is 10.2. The zero-order valence-electron chi connectivity index (χ0n) is 7.57. The second kappa shape index (κ2) is 3.62. The molecule has 1 aromatic rings. The molecular weight excluding hydrogens is 172 g/mol. The van der Waals surface area contributed by atoms with Crippen LogP contribution in [0.5, 0.6) is 5.75 Å². The molecule has 0 bridgehead atoms. The Hall–Kier alpha value is -1.29. The topological polar surface area (TPSA) is 70.7 Å². The van der Waals surface area contributed by atoms with Gasteiger partial charge in [0, 0.05) is 12.5 Å². The van der Waals surface area contributed by atoms with E-state index in [0.29, 0.717) is 5.76 Å². The van der Waals surface area contributed by atoms with Crippen LogP contribution in [0.2, 0.25) is 0 Å². The average molecular weight is 184 g/mol. The smallest absolute Gasteiger partial charge is 0.227 e. The van der Waals surface area contributed by atoms with Crippen molar-refractivity contribution in [1.82, 2.24) is 0 Å². The second-order valence-corrected chi connectivity index (χ2v) is 3.05. The van der Waals surface area contributed by atoms with Gasteiger partial charge in [-0.25, -0.2) is 0 Å². The Morgan fingerprint density at radius 1 is 1.62 bits per heavy atom. The molecule has 4 nitrogen and oxygen atoms in total. The van der Waals surface area contributed by atoms with Crippen LogP contribution in [0, 0.1) is 6.92 Å². The number of rotatable bonds is 2. The Morgan fingerprint density at radius 2 is 2.23 bits per heavy atom. The lowest BCUT2D eigenvalue weighted by molar-refractivity contribution is 0.183. The molecule has 0 saturated carbocycles. The molecule has 1 rings (SSSR count). The zero-order chi connectivity index (χ0) is 10.0. The van der Waals surface area contributed by atoms with E-state index in [4.69, 9.17) is 9.52 Å². The summed E-state index contributed by atoms with van der Waals surface area (Å²) in [6.07, 6.45) is -0.501. The summed E-state index contributed by atoms with van der Waals surface area (Å²) >= 11 is 0. The van der Waals surface area contributed by atoms with Crippen LogP contribution in [0.25, 0.3) is 0 Å². The first-order valence-corrected chi connectivity index (χ1v) is 4.01. The van der Waals surface area contributed by atoms with Gasteiger partial charge in [-0.1, -0.05) is 0 Å². The molecule has 0 aliphatic carbocycles. The normalized spacial score (nSPS) is 12.8. The van der Waals surface area contributed by atoms with Crippen molar-refractivity contribution in [1.29, 1.82) is 0 Å². The van der Waals surface area contributed by atoms with Gasteiger partial charge in [0.1, 0.15) is 5.76 Å². The van der Waals surface area contributed by atoms with E-state index >= 15 is 0 Å². The fourth-order valence-electron chi connectivity index (χ4n) is 1.07. The van der Waals surface area contributed by atoms with Gasteiger partial charge in [-0.3, -0.25) is 4.79 Å². The molecule has 0 aliphatic rings. The highest BCUT2D eigenvalue weighted by Crippen LogP contribution is 2.14. The molecule has 0 spiro atoms. The summed E-state index contributed by atoms with van der Waals surface area (Å²) < 4.78 is 5.09. The van der Waals surface area contributed by atoms with E-state index in [2.05, 4.69) is 0 Å². The molecular formula is C9H12O4. The molecule has 1 unspecified atom stereocenters. The minimum Gasteiger partial charge on any atom is -0.502 e. The highest BCUT2D eigenvalue weighted by atomic mass is 16.4. The minimum absolute atomic E-state index is 0.139. The standard InChI is InChI=1S/C9H12O4/c1-5(10)3-8-9(12)7(11)4-6(2)13-8/h4-5,10,12H,3H2,1-2H3. The Kier molecular flexibility index (Phi) is 2.72. The predicted molar refractivity (Wildman–Crippen MR) is 46.8 cm³/mol. The van der Waals surface area contributed by atoms with E-state index in [1.54, 1.807) is 13.8 Å². The lowest BCUT2D eigenvalue weighted by Crippen LogP contribution is -2.09. The number of aliphatic hydroxyl groups excluding tert-OH is 1. The third-order valence-electron chi connectivity index (χ3n) is 1.60. The van der Waals surface area contributed by atoms with Crippen molar-refractivity contribution < 1.29 is 14.6 Å². The third-order valence-corrected chi connectivity index (χ3v) is 1.60. The summed E-state index contributed by atoms with van der Waals surface area (Å²) in [4.78, 5) is 11.1. The van der Waals surface area contributed by atoms with Crippen LogP contribution in [0.4, 0.5) is 0 Å². The first-order valence-electron chi connectivity index (χ1n) is 4.01. The average Bonchev–Trinajstić information content (AvgIpc) is 1.98. The molecule has 0 aromatic carbocycles. The Bertz CT molecular complexity index is 351. The molecule has 0 aliphatic heterocycles. The molecule has 13 heavy (non-hydrogen) atoms. The number of aliphatic hydroxyl groups is 1. The molecule has 2 N–H and O–H groups in total. The first-order chi connectivity index (χ1) is 6.00. The van der Waals surface area contributed by atoms with Gasteiger partial charge < -0.3 is 14.6 Å². The van der Waals surface area contributed by atoms with Crippen molar-refractivity contribution in [3.63, 3.8) is 0 Å². The molecule has 4 heteroatoms. The molecule has 0 fully saturated rings. The van der Waals surface area contributed by atoms with E-state index in [9.17, 15) is 9.90 Å². The molecule has 1 atom stereocenters. The number of aromatic hydroxyl groups is 1. The summed E-state index contributed by atoms with van der Waals surface area (Å²) in [6, 6.07) is 1.21. The molecule has 1 aromatic heterocycles. The highest BCUT2D eigenvalue weighted by Gasteiger charge is 2.11. The van der Waals surface area contributed by atoms with Crippen molar-refractivity contribution in [2.24, 2.45) is 0 Å². The van der Waals surface area contributed by atoms with Crippen LogP contribution in [0.3, 0.4) is 0 Å². The van der Waals surface area contributed by atoms with Gasteiger partial charge >= 0.3 is 0 Å². The van der Waals surface area contributed by atoms with Gasteiger partial charge in [0.05, 0.1) is 6.10 Å². The van der Waals surface area contributed by atoms with Crippen LogP contribution < -0.4 is 5.43 Å². The van der Waals surface area contributed by atoms with Gasteiger partial charge in [0.25, 0.3) is 0 Å². The predicted octanol–water partition coefficient (Wildman–Crippen LogP) is 0.577. The highest BCUT2D eigenvalue weighted by molar-refractivity contribution is 5.24. The summed E-state index contributed by atoms with van der Waals surface area (Å²) in [5.74, 6) is 0.157. The zero-order valence-corrected chi connectivity index (χ0v) is 7.57. The van der Waals surface area contributed by atoms with Crippen molar-refractivity contribution in [3.8, 4) is 5.75 Å². The minimum atomic E-state index is -0.643. The Morgan fingerprint density at radius 3 is 2.77 bits per heavy atom. The van der Waals surface area contributed by atoms with E-state index in [0.717, 1.165) is 0 Å². The fraction of sp³-hybridized carbons (Fsp3) is 0.444. The quantitative estimate of drug-likeness (QED) is 0.705. The maximum absolute atomic E-state index is 11.1. The van der Waals surface area contributed by atoms with Crippen LogP contribution in [-0.2, 0) is 6.42 Å². The van der Waals surface area contributed by atoms with Crippen LogP contribution in [0.15, 0.2) is 15.3 Å². The second-order valence-electron chi connectivity index (χ2n) is 3.05. The van der Waals surface area contributed by atoms with E-state index in [1.807, 2.05) is 0 Å². The van der Waals surface area contributed by atoms with E-state index in [1.165, 1.54) is 6.07 Å². The summed E-state index contributed by atoms with van der Waals surface area (Å²) in [6.45, 7) is 3.17. The van der Waals surface area contributed by atoms with Gasteiger partial charge in [-0.15, -0.1) is 0 Å². The monoisotopic (exact) mass is 184 g/mol. The summed E-state index contributed by atoms with van der Waals surface area (Å²) in [5.41, 5.74) is -0.473. The number of hydrogen-bond acceptors (Lipinski definition) is 4. The third kappa shape index (κ3) is 2.32. The van der Waals surface area contributed by atoms with Gasteiger partial charge in [-0.2, -0.15) is 0 Å². The molecule has 72 valence electrons. The van der Waals surface area contributed by atoms with Crippen molar-refractivity contribution >= 4 is 0 Å². The fourth-order valence-corrected chi connectivity index (χ4v) is 1.07. The maximum atomic E-state index is 11.1. The molecule has 1 heterocycles. The number of hydrogen-bond donors (Lipinski definition) is 2. The van der Waals surface area contributed by atoms with Gasteiger partial charge in [0.2, 0.25) is 11.2 Å². The van der Waals surface area contributed by atoms with E-state index < -0.39 is 17.3 Å². The molecule has 0 amide bonds. The van der Waals surface area contributed by atoms with Crippen LogP contribution in [0.1, 0.15) is 18.4 Å². The molecule has 0 radical (unpaired) electrons. The summed E-state index contributed by atoms with van der Waals surface area (Å²) in [5, 5.41) is 18.3. The largest absolute Gasteiger partial charge is 0.502 e. The number of aryl methyl sites for hydroxylation is 1. The lowest BCUT2D eigenvalue weighted by Gasteiger charge is -2.05. The Labute approximate surface area is 75.4 Å². The Balaban J connectivity index is 3.13. The van der Waals surface area contributed by atoms with Crippen LogP contribution >= 0.6 is 0 Å². The van der Waals surface area contributed by atoms with Gasteiger partial charge in [0.15, 0.2) is 5.76 Å². The van der Waals surface area contributed by atoms with Crippen molar-refractivity contribution in [2.45, 2.75) is 26.4 Å². The van der Waals surface area contributed by atoms with Crippen molar-refractivity contribution in [3.05, 3.63) is 27.8 Å². The SMILES string of the molecule is Cc1cc(=O)c(O)c(CC(C)O)o1.